The molecule has 0 aromatic heterocycles. The summed E-state index contributed by atoms with van der Waals surface area (Å²) in [5.74, 6) is -0.291. The van der Waals surface area contributed by atoms with E-state index in [0.717, 1.165) is 25.2 Å². The van der Waals surface area contributed by atoms with E-state index in [2.05, 4.69) is 12.1 Å². The molecular weight excluding hydrogens is 228 g/mol. The predicted octanol–water partition coefficient (Wildman–Crippen LogP) is 2.94. The molecule has 98 valence electrons. The highest BCUT2D eigenvalue weighted by atomic mass is 16.5. The van der Waals surface area contributed by atoms with Crippen molar-refractivity contribution in [2.75, 3.05) is 13.2 Å². The van der Waals surface area contributed by atoms with Crippen LogP contribution in [0.25, 0.3) is 0 Å². The molecule has 0 saturated carbocycles. The maximum Gasteiger partial charge on any atom is 0.304 e. The number of benzene rings is 1. The lowest BCUT2D eigenvalue weighted by Gasteiger charge is -2.24. The first-order chi connectivity index (χ1) is 8.49. The Kier molecular flexibility index (Phi) is 3.71. The predicted molar refractivity (Wildman–Crippen MR) is 69.9 cm³/mol. The molecule has 1 aromatic rings. The lowest BCUT2D eigenvalue weighted by molar-refractivity contribution is -0.138. The maximum atomic E-state index is 10.9. The number of carboxylic acids is 1. The molecule has 1 fully saturated rings. The van der Waals surface area contributed by atoms with Crippen molar-refractivity contribution >= 4 is 5.97 Å². The molecule has 1 aliphatic heterocycles. The summed E-state index contributed by atoms with van der Waals surface area (Å²) in [6, 6.07) is 8.29. The molecule has 0 aliphatic carbocycles. The average molecular weight is 248 g/mol. The van der Waals surface area contributed by atoms with Crippen LogP contribution in [0.2, 0.25) is 0 Å². The Balaban J connectivity index is 2.23. The molecule has 1 N–H and O–H groups in total. The van der Waals surface area contributed by atoms with Crippen molar-refractivity contribution in [1.29, 1.82) is 0 Å². The van der Waals surface area contributed by atoms with Gasteiger partial charge in [0.1, 0.15) is 0 Å². The van der Waals surface area contributed by atoms with Crippen molar-refractivity contribution in [3.8, 4) is 0 Å². The van der Waals surface area contributed by atoms with Crippen molar-refractivity contribution < 1.29 is 14.6 Å². The minimum Gasteiger partial charge on any atom is -0.481 e. The van der Waals surface area contributed by atoms with Gasteiger partial charge in [-0.1, -0.05) is 38.1 Å². The summed E-state index contributed by atoms with van der Waals surface area (Å²) in [4.78, 5) is 10.9. The van der Waals surface area contributed by atoms with E-state index >= 15 is 0 Å². The quantitative estimate of drug-likeness (QED) is 0.891. The SMILES string of the molecule is CC(C)(CC(=O)O)c1cccc(C2CCOC2)c1. The Morgan fingerprint density at radius 2 is 2.28 bits per heavy atom. The van der Waals surface area contributed by atoms with Gasteiger partial charge in [0.15, 0.2) is 0 Å². The molecule has 1 aliphatic rings. The third kappa shape index (κ3) is 2.91. The Morgan fingerprint density at radius 1 is 1.50 bits per heavy atom. The lowest BCUT2D eigenvalue weighted by Crippen LogP contribution is -2.22. The summed E-state index contributed by atoms with van der Waals surface area (Å²) >= 11 is 0. The molecule has 3 heteroatoms. The van der Waals surface area contributed by atoms with Gasteiger partial charge in [-0.05, 0) is 17.5 Å². The normalized spacial score (nSPS) is 20.0. The van der Waals surface area contributed by atoms with Gasteiger partial charge in [-0.15, -0.1) is 0 Å². The molecule has 1 aromatic carbocycles. The van der Waals surface area contributed by atoms with Crippen LogP contribution in [0.15, 0.2) is 24.3 Å². The van der Waals surface area contributed by atoms with Gasteiger partial charge >= 0.3 is 5.97 Å². The monoisotopic (exact) mass is 248 g/mol. The van der Waals surface area contributed by atoms with Crippen molar-refractivity contribution in [3.63, 3.8) is 0 Å². The van der Waals surface area contributed by atoms with Crippen molar-refractivity contribution in [1.82, 2.24) is 0 Å². The number of rotatable bonds is 4. The highest BCUT2D eigenvalue weighted by Gasteiger charge is 2.25. The van der Waals surface area contributed by atoms with E-state index in [4.69, 9.17) is 9.84 Å². The van der Waals surface area contributed by atoms with Crippen molar-refractivity contribution in [2.45, 2.75) is 38.0 Å². The van der Waals surface area contributed by atoms with E-state index in [1.54, 1.807) is 0 Å². The highest BCUT2D eigenvalue weighted by molar-refractivity contribution is 5.68. The minimum absolute atomic E-state index is 0.150. The van der Waals surface area contributed by atoms with Crippen molar-refractivity contribution in [2.24, 2.45) is 0 Å². The van der Waals surface area contributed by atoms with Crippen LogP contribution in [-0.2, 0) is 14.9 Å². The number of ether oxygens (including phenoxy) is 1. The zero-order valence-electron chi connectivity index (χ0n) is 11.0. The summed E-state index contributed by atoms with van der Waals surface area (Å²) < 4.78 is 5.41. The fourth-order valence-corrected chi connectivity index (χ4v) is 2.49. The molecule has 0 spiro atoms. The molecule has 2 rings (SSSR count). The molecule has 1 heterocycles. The first-order valence-electron chi connectivity index (χ1n) is 6.39. The standard InChI is InChI=1S/C15H20O3/c1-15(2,9-14(16)17)13-5-3-4-11(8-13)12-6-7-18-10-12/h3-5,8,12H,6-7,9-10H2,1-2H3,(H,16,17). The summed E-state index contributed by atoms with van der Waals surface area (Å²) in [6.45, 7) is 5.56. The number of hydrogen-bond donors (Lipinski definition) is 1. The molecule has 1 saturated heterocycles. The van der Waals surface area contributed by atoms with Crippen molar-refractivity contribution in [3.05, 3.63) is 35.4 Å². The summed E-state index contributed by atoms with van der Waals surface area (Å²) in [7, 11) is 0. The molecule has 18 heavy (non-hydrogen) atoms. The topological polar surface area (TPSA) is 46.5 Å². The average Bonchev–Trinajstić information content (AvgIpc) is 2.81. The third-order valence-electron chi connectivity index (χ3n) is 3.66. The summed E-state index contributed by atoms with van der Waals surface area (Å²) in [5, 5.41) is 8.97. The van der Waals surface area contributed by atoms with Crippen LogP contribution in [0.4, 0.5) is 0 Å². The van der Waals surface area contributed by atoms with Gasteiger partial charge < -0.3 is 9.84 Å². The molecule has 1 unspecified atom stereocenters. The number of aliphatic carboxylic acids is 1. The van der Waals surface area contributed by atoms with E-state index < -0.39 is 5.97 Å². The summed E-state index contributed by atoms with van der Waals surface area (Å²) in [5.41, 5.74) is 2.03. The van der Waals surface area contributed by atoms with Crippen LogP contribution >= 0.6 is 0 Å². The van der Waals surface area contributed by atoms with Gasteiger partial charge in [0, 0.05) is 17.9 Å². The largest absolute Gasteiger partial charge is 0.481 e. The van der Waals surface area contributed by atoms with Gasteiger partial charge in [-0.25, -0.2) is 0 Å². The number of hydrogen-bond acceptors (Lipinski definition) is 2. The number of carbonyl (C=O) groups is 1. The zero-order chi connectivity index (χ0) is 13.2. The fourth-order valence-electron chi connectivity index (χ4n) is 2.49. The van der Waals surface area contributed by atoms with E-state index in [1.807, 2.05) is 26.0 Å². The number of carboxylic acid groups (broad SMARTS) is 1. The molecular formula is C15H20O3. The Morgan fingerprint density at radius 3 is 2.89 bits per heavy atom. The first kappa shape index (κ1) is 13.1. The second kappa shape index (κ2) is 5.11. The zero-order valence-corrected chi connectivity index (χ0v) is 11.0. The van der Waals surface area contributed by atoms with Crippen LogP contribution in [-0.4, -0.2) is 24.3 Å². The Bertz CT molecular complexity index is 431. The molecule has 0 amide bonds. The Hall–Kier alpha value is -1.35. The van der Waals surface area contributed by atoms with Gasteiger partial charge in [0.05, 0.1) is 13.0 Å². The van der Waals surface area contributed by atoms with Crippen LogP contribution in [0.1, 0.15) is 43.7 Å². The second-order valence-corrected chi connectivity index (χ2v) is 5.64. The molecule has 1 atom stereocenters. The van der Waals surface area contributed by atoms with E-state index in [1.165, 1.54) is 5.56 Å². The van der Waals surface area contributed by atoms with E-state index in [-0.39, 0.29) is 11.8 Å². The van der Waals surface area contributed by atoms with Crippen LogP contribution < -0.4 is 0 Å². The molecule has 0 radical (unpaired) electrons. The third-order valence-corrected chi connectivity index (χ3v) is 3.66. The minimum atomic E-state index is -0.755. The van der Waals surface area contributed by atoms with Crippen LogP contribution in [0.3, 0.4) is 0 Å². The van der Waals surface area contributed by atoms with Gasteiger partial charge in [0.2, 0.25) is 0 Å². The van der Waals surface area contributed by atoms with Gasteiger partial charge in [0.25, 0.3) is 0 Å². The van der Waals surface area contributed by atoms with E-state index in [9.17, 15) is 4.79 Å². The lowest BCUT2D eigenvalue weighted by atomic mass is 9.80. The molecule has 0 bridgehead atoms. The first-order valence-corrected chi connectivity index (χ1v) is 6.39. The smallest absolute Gasteiger partial charge is 0.304 e. The van der Waals surface area contributed by atoms with Crippen LogP contribution in [0, 0.1) is 0 Å². The highest BCUT2D eigenvalue weighted by Crippen LogP contribution is 2.31. The van der Waals surface area contributed by atoms with Gasteiger partial charge in [-0.3, -0.25) is 4.79 Å². The molecule has 3 nitrogen and oxygen atoms in total. The van der Waals surface area contributed by atoms with E-state index in [0.29, 0.717) is 5.92 Å². The maximum absolute atomic E-state index is 10.9. The van der Waals surface area contributed by atoms with Crippen LogP contribution in [0.5, 0.6) is 0 Å². The second-order valence-electron chi connectivity index (χ2n) is 5.64. The van der Waals surface area contributed by atoms with Gasteiger partial charge in [-0.2, -0.15) is 0 Å². The fraction of sp³-hybridized carbons (Fsp3) is 0.533. The summed E-state index contributed by atoms with van der Waals surface area (Å²) in [6.07, 6.45) is 1.21. The Labute approximate surface area is 108 Å².